The Hall–Kier alpha value is -3.35. The molecule has 3 rings (SSSR count). The third-order valence-electron chi connectivity index (χ3n) is 3.45. The number of pyridine rings is 1. The number of anilines is 1. The van der Waals surface area contributed by atoms with Crippen LogP contribution in [0, 0.1) is 5.82 Å². The summed E-state index contributed by atoms with van der Waals surface area (Å²) in [6, 6.07) is 9.87. The molecule has 1 amide bonds. The van der Waals surface area contributed by atoms with Gasteiger partial charge in [0.05, 0.1) is 12.4 Å². The minimum absolute atomic E-state index is 0.233. The van der Waals surface area contributed by atoms with Crippen molar-refractivity contribution in [1.29, 1.82) is 0 Å². The number of carbonyl (C=O) groups is 1. The molecule has 25 heavy (non-hydrogen) atoms. The van der Waals surface area contributed by atoms with Gasteiger partial charge in [-0.2, -0.15) is 0 Å². The molecule has 0 radical (unpaired) electrons. The highest BCUT2D eigenvalue weighted by Gasteiger charge is 2.07. The molecule has 0 aliphatic carbocycles. The molecule has 0 saturated heterocycles. The van der Waals surface area contributed by atoms with E-state index in [1.807, 2.05) is 12.1 Å². The second-order valence-corrected chi connectivity index (χ2v) is 5.31. The van der Waals surface area contributed by atoms with E-state index in [4.69, 9.17) is 0 Å². The van der Waals surface area contributed by atoms with Crippen molar-refractivity contribution in [2.75, 3.05) is 5.32 Å². The number of benzene rings is 1. The molecule has 1 aromatic carbocycles. The molecule has 0 unspecified atom stereocenters. The maximum absolute atomic E-state index is 12.9. The maximum Gasteiger partial charge on any atom is 0.271 e. The number of amides is 1. The summed E-state index contributed by atoms with van der Waals surface area (Å²) in [6.07, 6.45) is 6.26. The zero-order valence-electron chi connectivity index (χ0n) is 13.3. The van der Waals surface area contributed by atoms with Gasteiger partial charge in [0.1, 0.15) is 17.3 Å². The number of carbonyl (C=O) groups excluding carboxylic acids is 1. The maximum atomic E-state index is 12.9. The van der Waals surface area contributed by atoms with Crippen LogP contribution in [-0.2, 0) is 13.1 Å². The standard InChI is InChI=1S/C18H16FN5O/c19-15-5-3-13(4-6-15)9-22-17-12-21-16(11-23-17)18(25)24-10-14-2-1-7-20-8-14/h1-8,11-12H,9-10H2,(H,22,23)(H,24,25). The van der Waals surface area contributed by atoms with Gasteiger partial charge in [-0.15, -0.1) is 0 Å². The van der Waals surface area contributed by atoms with Crippen LogP contribution in [0.25, 0.3) is 0 Å². The van der Waals surface area contributed by atoms with Gasteiger partial charge < -0.3 is 10.6 Å². The fourth-order valence-electron chi connectivity index (χ4n) is 2.11. The number of nitrogens with zero attached hydrogens (tertiary/aromatic N) is 3. The van der Waals surface area contributed by atoms with Crippen molar-refractivity contribution in [2.24, 2.45) is 0 Å². The fraction of sp³-hybridized carbons (Fsp3) is 0.111. The molecule has 6 nitrogen and oxygen atoms in total. The highest BCUT2D eigenvalue weighted by Crippen LogP contribution is 2.07. The predicted octanol–water partition coefficient (Wildman–Crippen LogP) is 2.55. The first-order valence-electron chi connectivity index (χ1n) is 7.68. The Morgan fingerprint density at radius 2 is 1.80 bits per heavy atom. The van der Waals surface area contributed by atoms with Gasteiger partial charge in [-0.25, -0.2) is 14.4 Å². The van der Waals surface area contributed by atoms with Gasteiger partial charge in [-0.1, -0.05) is 18.2 Å². The minimum atomic E-state index is -0.304. The Morgan fingerprint density at radius 1 is 0.960 bits per heavy atom. The van der Waals surface area contributed by atoms with Crippen LogP contribution < -0.4 is 10.6 Å². The van der Waals surface area contributed by atoms with Crippen LogP contribution in [-0.4, -0.2) is 20.9 Å². The highest BCUT2D eigenvalue weighted by molar-refractivity contribution is 5.91. The Morgan fingerprint density at radius 3 is 2.48 bits per heavy atom. The quantitative estimate of drug-likeness (QED) is 0.723. The lowest BCUT2D eigenvalue weighted by atomic mass is 10.2. The third kappa shape index (κ3) is 4.81. The highest BCUT2D eigenvalue weighted by atomic mass is 19.1. The predicted molar refractivity (Wildman–Crippen MR) is 91.2 cm³/mol. The summed E-state index contributed by atoms with van der Waals surface area (Å²) < 4.78 is 12.9. The SMILES string of the molecule is O=C(NCc1cccnc1)c1cnc(NCc2ccc(F)cc2)cn1. The van der Waals surface area contributed by atoms with Crippen molar-refractivity contribution in [3.63, 3.8) is 0 Å². The Bertz CT molecular complexity index is 822. The van der Waals surface area contributed by atoms with Crippen molar-refractivity contribution < 1.29 is 9.18 Å². The van der Waals surface area contributed by atoms with E-state index in [0.717, 1.165) is 11.1 Å². The van der Waals surface area contributed by atoms with Crippen molar-refractivity contribution in [2.45, 2.75) is 13.1 Å². The number of hydrogen-bond acceptors (Lipinski definition) is 5. The summed E-state index contributed by atoms with van der Waals surface area (Å²) in [5.74, 6) is -0.0419. The lowest BCUT2D eigenvalue weighted by Crippen LogP contribution is -2.24. The van der Waals surface area contributed by atoms with E-state index in [2.05, 4.69) is 25.6 Å². The largest absolute Gasteiger partial charge is 0.365 e. The van der Waals surface area contributed by atoms with E-state index < -0.39 is 0 Å². The molecular weight excluding hydrogens is 321 g/mol. The fourth-order valence-corrected chi connectivity index (χ4v) is 2.11. The molecule has 0 aliphatic heterocycles. The van der Waals surface area contributed by atoms with Gasteiger partial charge in [0.2, 0.25) is 0 Å². The molecule has 0 spiro atoms. The summed E-state index contributed by atoms with van der Waals surface area (Å²) in [7, 11) is 0. The van der Waals surface area contributed by atoms with Crippen LogP contribution in [0.2, 0.25) is 0 Å². The van der Waals surface area contributed by atoms with Crippen molar-refractivity contribution in [1.82, 2.24) is 20.3 Å². The lowest BCUT2D eigenvalue weighted by molar-refractivity contribution is 0.0945. The van der Waals surface area contributed by atoms with E-state index in [-0.39, 0.29) is 17.4 Å². The molecule has 0 fully saturated rings. The first-order chi connectivity index (χ1) is 12.2. The number of hydrogen-bond donors (Lipinski definition) is 2. The molecule has 2 aromatic heterocycles. The zero-order chi connectivity index (χ0) is 17.5. The smallest absolute Gasteiger partial charge is 0.271 e. The summed E-state index contributed by atoms with van der Waals surface area (Å²) in [5, 5.41) is 5.83. The van der Waals surface area contributed by atoms with E-state index >= 15 is 0 Å². The van der Waals surface area contributed by atoms with Crippen LogP contribution in [0.5, 0.6) is 0 Å². The van der Waals surface area contributed by atoms with Gasteiger partial charge in [0.15, 0.2) is 0 Å². The number of nitrogens with one attached hydrogen (secondary N) is 2. The van der Waals surface area contributed by atoms with Crippen molar-refractivity contribution >= 4 is 11.7 Å². The second kappa shape index (κ2) is 7.96. The van der Waals surface area contributed by atoms with Crippen LogP contribution >= 0.6 is 0 Å². The van der Waals surface area contributed by atoms with E-state index in [1.54, 1.807) is 24.5 Å². The lowest BCUT2D eigenvalue weighted by Gasteiger charge is -2.07. The minimum Gasteiger partial charge on any atom is -0.365 e. The average molecular weight is 337 g/mol. The van der Waals surface area contributed by atoms with Crippen molar-refractivity contribution in [3.05, 3.63) is 83.8 Å². The molecule has 126 valence electrons. The van der Waals surface area contributed by atoms with Gasteiger partial charge in [-0.05, 0) is 29.3 Å². The molecule has 2 N–H and O–H groups in total. The van der Waals surface area contributed by atoms with E-state index in [1.165, 1.54) is 24.5 Å². The molecule has 0 saturated carbocycles. The third-order valence-corrected chi connectivity index (χ3v) is 3.45. The second-order valence-electron chi connectivity index (χ2n) is 5.31. The number of halogens is 1. The normalized spacial score (nSPS) is 10.3. The Balaban J connectivity index is 1.52. The monoisotopic (exact) mass is 337 g/mol. The van der Waals surface area contributed by atoms with Gasteiger partial charge in [-0.3, -0.25) is 9.78 Å². The van der Waals surface area contributed by atoms with Crippen LogP contribution in [0.4, 0.5) is 10.2 Å². The van der Waals surface area contributed by atoms with Gasteiger partial charge in [0.25, 0.3) is 5.91 Å². The van der Waals surface area contributed by atoms with E-state index in [0.29, 0.717) is 18.9 Å². The first kappa shape index (κ1) is 16.5. The summed E-state index contributed by atoms with van der Waals surface area (Å²) in [6.45, 7) is 0.862. The molecule has 0 atom stereocenters. The first-order valence-corrected chi connectivity index (χ1v) is 7.68. The molecule has 7 heteroatoms. The van der Waals surface area contributed by atoms with Crippen molar-refractivity contribution in [3.8, 4) is 0 Å². The average Bonchev–Trinajstić information content (AvgIpc) is 2.67. The molecule has 3 aromatic rings. The number of aromatic nitrogens is 3. The van der Waals surface area contributed by atoms with Crippen LogP contribution in [0.15, 0.2) is 61.2 Å². The molecule has 0 bridgehead atoms. The zero-order valence-corrected chi connectivity index (χ0v) is 13.3. The molecule has 2 heterocycles. The van der Waals surface area contributed by atoms with E-state index in [9.17, 15) is 9.18 Å². The van der Waals surface area contributed by atoms with Crippen LogP contribution in [0.3, 0.4) is 0 Å². The van der Waals surface area contributed by atoms with Gasteiger partial charge in [0, 0.05) is 25.5 Å². The molecular formula is C18H16FN5O. The molecule has 0 aliphatic rings. The Kier molecular flexibility index (Phi) is 5.26. The Labute approximate surface area is 144 Å². The van der Waals surface area contributed by atoms with Gasteiger partial charge >= 0.3 is 0 Å². The summed E-state index contributed by atoms with van der Waals surface area (Å²) in [5.41, 5.74) is 2.05. The summed E-state index contributed by atoms with van der Waals surface area (Å²) >= 11 is 0. The number of rotatable bonds is 6. The van der Waals surface area contributed by atoms with Crippen LogP contribution in [0.1, 0.15) is 21.6 Å². The summed E-state index contributed by atoms with van der Waals surface area (Å²) in [4.78, 5) is 24.3. The topological polar surface area (TPSA) is 79.8 Å².